The number of nitrogens with one attached hydrogen (secondary N) is 1. The van der Waals surface area contributed by atoms with Gasteiger partial charge < -0.3 is 9.47 Å². The number of aryl methyl sites for hydroxylation is 2. The monoisotopic (exact) mass is 410 g/mol. The Hall–Kier alpha value is -2.05. The van der Waals surface area contributed by atoms with Gasteiger partial charge in [-0.05, 0) is 64.0 Å². The standard InChI is InChI=1S/C23H30N4OS/c1-5-26(6-2)13-12-17-9-11-20(29-17)16-8-10-19-18(14-16)22-21(15(4)24-25-22)23(28)27(19)7-3/h8,10-11,14,17H,5-7,9,12-13H2,1-4H3,(H,24,25)/t17-/m0/s1. The molecule has 3 heterocycles. The summed E-state index contributed by atoms with van der Waals surface area (Å²) in [5.74, 6) is 0. The molecule has 2 aromatic heterocycles. The number of thioether (sulfide) groups is 1. The molecular formula is C23H30N4OS. The number of hydrogen-bond acceptors (Lipinski definition) is 4. The molecule has 0 amide bonds. The fourth-order valence-electron chi connectivity index (χ4n) is 4.30. The van der Waals surface area contributed by atoms with Gasteiger partial charge in [0, 0.05) is 27.8 Å². The zero-order valence-corrected chi connectivity index (χ0v) is 18.6. The van der Waals surface area contributed by atoms with Crippen molar-refractivity contribution in [3.63, 3.8) is 0 Å². The van der Waals surface area contributed by atoms with Crippen LogP contribution < -0.4 is 5.56 Å². The predicted molar refractivity (Wildman–Crippen MR) is 125 cm³/mol. The minimum Gasteiger partial charge on any atom is -0.308 e. The molecule has 4 rings (SSSR count). The lowest BCUT2D eigenvalue weighted by atomic mass is 10.1. The van der Waals surface area contributed by atoms with E-state index in [0.29, 0.717) is 17.2 Å². The maximum Gasteiger partial charge on any atom is 0.262 e. The number of pyridine rings is 1. The highest BCUT2D eigenvalue weighted by Gasteiger charge is 2.21. The summed E-state index contributed by atoms with van der Waals surface area (Å²) in [5.41, 5.74) is 3.86. The van der Waals surface area contributed by atoms with Crippen molar-refractivity contribution in [3.05, 3.63) is 45.9 Å². The Morgan fingerprint density at radius 2 is 2.07 bits per heavy atom. The third-order valence-corrected chi connectivity index (χ3v) is 7.49. The van der Waals surface area contributed by atoms with Crippen molar-refractivity contribution in [2.45, 2.75) is 52.3 Å². The van der Waals surface area contributed by atoms with Gasteiger partial charge >= 0.3 is 0 Å². The second-order valence-electron chi connectivity index (χ2n) is 7.71. The van der Waals surface area contributed by atoms with Crippen LogP contribution in [-0.2, 0) is 6.54 Å². The van der Waals surface area contributed by atoms with E-state index in [1.54, 1.807) is 0 Å². The highest BCUT2D eigenvalue weighted by atomic mass is 32.2. The topological polar surface area (TPSA) is 53.9 Å². The lowest BCUT2D eigenvalue weighted by Crippen LogP contribution is -2.25. The van der Waals surface area contributed by atoms with Crippen LogP contribution in [0, 0.1) is 6.92 Å². The van der Waals surface area contributed by atoms with E-state index in [9.17, 15) is 4.79 Å². The highest BCUT2D eigenvalue weighted by Crippen LogP contribution is 2.41. The first-order valence-electron chi connectivity index (χ1n) is 10.7. The van der Waals surface area contributed by atoms with Crippen molar-refractivity contribution in [1.29, 1.82) is 0 Å². The van der Waals surface area contributed by atoms with E-state index in [1.165, 1.54) is 23.4 Å². The smallest absolute Gasteiger partial charge is 0.262 e. The Labute approximate surface area is 176 Å². The first-order chi connectivity index (χ1) is 14.1. The normalized spacial score (nSPS) is 17.0. The molecule has 0 radical (unpaired) electrons. The van der Waals surface area contributed by atoms with Gasteiger partial charge in [-0.1, -0.05) is 26.0 Å². The van der Waals surface area contributed by atoms with Crippen LogP contribution in [-0.4, -0.2) is 44.5 Å². The number of fused-ring (bicyclic) bond motifs is 3. The van der Waals surface area contributed by atoms with Crippen molar-refractivity contribution in [2.75, 3.05) is 19.6 Å². The molecule has 0 spiro atoms. The number of hydrogen-bond donors (Lipinski definition) is 1. The summed E-state index contributed by atoms with van der Waals surface area (Å²) in [6, 6.07) is 6.46. The molecule has 0 saturated heterocycles. The zero-order valence-electron chi connectivity index (χ0n) is 17.8. The number of rotatable bonds is 7. The summed E-state index contributed by atoms with van der Waals surface area (Å²) in [6.45, 7) is 12.5. The molecule has 0 fully saturated rings. The maximum absolute atomic E-state index is 12.9. The van der Waals surface area contributed by atoms with E-state index in [1.807, 2.05) is 30.2 Å². The predicted octanol–water partition coefficient (Wildman–Crippen LogP) is 4.78. The number of aromatic amines is 1. The van der Waals surface area contributed by atoms with Gasteiger partial charge in [0.05, 0.1) is 10.9 Å². The number of aromatic nitrogens is 3. The third kappa shape index (κ3) is 3.64. The summed E-state index contributed by atoms with van der Waals surface area (Å²) in [4.78, 5) is 16.7. The molecule has 1 aliphatic rings. The molecule has 0 bridgehead atoms. The summed E-state index contributed by atoms with van der Waals surface area (Å²) in [5, 5.41) is 9.88. The van der Waals surface area contributed by atoms with Crippen LogP contribution in [0.1, 0.15) is 44.9 Å². The van der Waals surface area contributed by atoms with Crippen LogP contribution in [0.2, 0.25) is 0 Å². The molecule has 0 aliphatic carbocycles. The lowest BCUT2D eigenvalue weighted by Gasteiger charge is -2.20. The largest absolute Gasteiger partial charge is 0.308 e. The third-order valence-electron chi connectivity index (χ3n) is 6.07. The van der Waals surface area contributed by atoms with Crippen molar-refractivity contribution in [1.82, 2.24) is 19.7 Å². The molecule has 1 aromatic carbocycles. The van der Waals surface area contributed by atoms with Gasteiger partial charge in [0.25, 0.3) is 5.56 Å². The minimum absolute atomic E-state index is 0.0416. The maximum atomic E-state index is 12.9. The van der Waals surface area contributed by atoms with Crippen molar-refractivity contribution in [2.24, 2.45) is 0 Å². The second-order valence-corrected chi connectivity index (χ2v) is 9.06. The molecule has 1 N–H and O–H groups in total. The molecule has 1 aliphatic heterocycles. The van der Waals surface area contributed by atoms with Crippen LogP contribution in [0.25, 0.3) is 26.7 Å². The summed E-state index contributed by atoms with van der Waals surface area (Å²) in [6.07, 6.45) is 4.73. The molecule has 1 atom stereocenters. The number of H-pyrrole nitrogens is 1. The Morgan fingerprint density at radius 1 is 1.28 bits per heavy atom. The van der Waals surface area contributed by atoms with Gasteiger partial charge in [-0.3, -0.25) is 9.89 Å². The molecule has 154 valence electrons. The van der Waals surface area contributed by atoms with E-state index >= 15 is 0 Å². The van der Waals surface area contributed by atoms with Crippen molar-refractivity contribution >= 4 is 38.5 Å². The van der Waals surface area contributed by atoms with E-state index < -0.39 is 0 Å². The Morgan fingerprint density at radius 3 is 2.79 bits per heavy atom. The van der Waals surface area contributed by atoms with Gasteiger partial charge in [0.1, 0.15) is 5.52 Å². The van der Waals surface area contributed by atoms with Gasteiger partial charge in [0.15, 0.2) is 0 Å². The van der Waals surface area contributed by atoms with Gasteiger partial charge in [-0.2, -0.15) is 5.10 Å². The molecule has 6 heteroatoms. The Bertz CT molecular complexity index is 1120. The van der Waals surface area contributed by atoms with Crippen LogP contribution in [0.5, 0.6) is 0 Å². The zero-order chi connectivity index (χ0) is 20.5. The Balaban J connectivity index is 1.66. The number of nitrogens with zero attached hydrogens (tertiary/aromatic N) is 3. The van der Waals surface area contributed by atoms with E-state index in [4.69, 9.17) is 0 Å². The van der Waals surface area contributed by atoms with E-state index in [2.05, 4.69) is 53.2 Å². The summed E-state index contributed by atoms with van der Waals surface area (Å²) in [7, 11) is 0. The molecule has 3 aromatic rings. The van der Waals surface area contributed by atoms with Crippen molar-refractivity contribution in [3.8, 4) is 0 Å². The molecule has 29 heavy (non-hydrogen) atoms. The summed E-state index contributed by atoms with van der Waals surface area (Å²) < 4.78 is 1.85. The first kappa shape index (κ1) is 20.2. The quantitative estimate of drug-likeness (QED) is 0.609. The van der Waals surface area contributed by atoms with E-state index in [0.717, 1.165) is 41.6 Å². The Kier molecular flexibility index (Phi) is 5.83. The van der Waals surface area contributed by atoms with Gasteiger partial charge in [-0.15, -0.1) is 11.8 Å². The molecule has 0 unspecified atom stereocenters. The van der Waals surface area contributed by atoms with Gasteiger partial charge in [0.2, 0.25) is 0 Å². The van der Waals surface area contributed by atoms with Gasteiger partial charge in [-0.25, -0.2) is 0 Å². The molecular weight excluding hydrogens is 380 g/mol. The minimum atomic E-state index is 0.0416. The molecule has 0 saturated carbocycles. The fourth-order valence-corrected chi connectivity index (χ4v) is 5.53. The van der Waals surface area contributed by atoms with E-state index in [-0.39, 0.29) is 5.56 Å². The van der Waals surface area contributed by atoms with Crippen molar-refractivity contribution < 1.29 is 0 Å². The highest BCUT2D eigenvalue weighted by molar-refractivity contribution is 8.09. The average molecular weight is 411 g/mol. The fraction of sp³-hybridized carbons (Fsp3) is 0.478. The number of allylic oxidation sites excluding steroid dienone is 1. The van der Waals surface area contributed by atoms with Crippen LogP contribution in [0.4, 0.5) is 0 Å². The molecule has 5 nitrogen and oxygen atoms in total. The summed E-state index contributed by atoms with van der Waals surface area (Å²) >= 11 is 2.00. The lowest BCUT2D eigenvalue weighted by molar-refractivity contribution is 0.299. The average Bonchev–Trinajstić information content (AvgIpc) is 3.36. The SMILES string of the molecule is CCN(CC)CC[C@@H]1CC=C(c2ccc3c(c2)c2n[nH]c(C)c2c(=O)n3CC)S1. The van der Waals surface area contributed by atoms with Crippen LogP contribution >= 0.6 is 11.8 Å². The number of benzene rings is 1. The van der Waals surface area contributed by atoms with Crippen LogP contribution in [0.3, 0.4) is 0 Å². The first-order valence-corrected chi connectivity index (χ1v) is 11.6. The van der Waals surface area contributed by atoms with Crippen LogP contribution in [0.15, 0.2) is 29.1 Å². The second kappa shape index (κ2) is 8.36.